The molecular formula is C17H23N3O3S. The molecular weight excluding hydrogens is 326 g/mol. The zero-order chi connectivity index (χ0) is 17.7. The molecule has 1 heterocycles. The second-order valence-corrected chi connectivity index (χ2v) is 6.78. The minimum absolute atomic E-state index is 0.0969. The number of nitrogens with zero attached hydrogens (tertiary/aromatic N) is 2. The highest BCUT2D eigenvalue weighted by Gasteiger charge is 2.15. The van der Waals surface area contributed by atoms with Gasteiger partial charge in [0.15, 0.2) is 5.16 Å². The van der Waals surface area contributed by atoms with Crippen molar-refractivity contribution in [2.75, 3.05) is 5.75 Å². The topological polar surface area (TPSA) is 84.2 Å². The summed E-state index contributed by atoms with van der Waals surface area (Å²) in [4.78, 5) is 29.1. The average Bonchev–Trinajstić information content (AvgIpc) is 2.55. The van der Waals surface area contributed by atoms with Crippen LogP contribution in [0, 0.1) is 0 Å². The molecule has 0 spiro atoms. The number of thioether (sulfide) groups is 1. The molecule has 0 aliphatic rings. The number of aliphatic hydroxyl groups excluding tert-OH is 1. The van der Waals surface area contributed by atoms with Gasteiger partial charge in [-0.05, 0) is 32.4 Å². The van der Waals surface area contributed by atoms with Gasteiger partial charge in [0.25, 0.3) is 5.56 Å². The third-order valence-corrected chi connectivity index (χ3v) is 4.60. The van der Waals surface area contributed by atoms with E-state index in [9.17, 15) is 14.7 Å². The van der Waals surface area contributed by atoms with Crippen LogP contribution in [0.5, 0.6) is 0 Å². The fourth-order valence-corrected chi connectivity index (χ4v) is 3.05. The van der Waals surface area contributed by atoms with Gasteiger partial charge in [0, 0.05) is 6.04 Å². The predicted octanol–water partition coefficient (Wildman–Crippen LogP) is 1.78. The summed E-state index contributed by atoms with van der Waals surface area (Å²) < 4.78 is 1.44. The Morgan fingerprint density at radius 2 is 2.08 bits per heavy atom. The third-order valence-electron chi connectivity index (χ3n) is 3.63. The van der Waals surface area contributed by atoms with Crippen LogP contribution in [-0.4, -0.2) is 38.5 Å². The lowest BCUT2D eigenvalue weighted by molar-refractivity contribution is -0.119. The monoisotopic (exact) mass is 349 g/mol. The summed E-state index contributed by atoms with van der Waals surface area (Å²) in [6.07, 6.45) is 0.177. The van der Waals surface area contributed by atoms with Gasteiger partial charge in [-0.25, -0.2) is 4.98 Å². The van der Waals surface area contributed by atoms with Crippen molar-refractivity contribution >= 4 is 28.6 Å². The molecule has 2 rings (SSSR count). The van der Waals surface area contributed by atoms with Gasteiger partial charge in [0.05, 0.1) is 29.3 Å². The molecule has 2 unspecified atom stereocenters. The van der Waals surface area contributed by atoms with Crippen molar-refractivity contribution in [2.24, 2.45) is 0 Å². The minimum atomic E-state index is -0.682. The summed E-state index contributed by atoms with van der Waals surface area (Å²) >= 11 is 1.21. The summed E-state index contributed by atoms with van der Waals surface area (Å²) in [6, 6.07) is 7.20. The van der Waals surface area contributed by atoms with E-state index in [2.05, 4.69) is 10.3 Å². The highest BCUT2D eigenvalue weighted by molar-refractivity contribution is 7.99. The summed E-state index contributed by atoms with van der Waals surface area (Å²) in [5, 5.41) is 13.5. The predicted molar refractivity (Wildman–Crippen MR) is 96.3 cm³/mol. The number of benzene rings is 1. The molecule has 2 atom stereocenters. The summed E-state index contributed by atoms with van der Waals surface area (Å²) in [6.45, 7) is 5.71. The number of hydrogen-bond acceptors (Lipinski definition) is 5. The first-order chi connectivity index (χ1) is 11.4. The van der Waals surface area contributed by atoms with Gasteiger partial charge >= 0.3 is 0 Å². The fourth-order valence-electron chi connectivity index (χ4n) is 2.23. The van der Waals surface area contributed by atoms with Crippen molar-refractivity contribution in [1.82, 2.24) is 14.9 Å². The van der Waals surface area contributed by atoms with Crippen LogP contribution in [0.25, 0.3) is 10.9 Å². The van der Waals surface area contributed by atoms with Crippen LogP contribution in [0.2, 0.25) is 0 Å². The number of aliphatic hydroxyl groups is 1. The van der Waals surface area contributed by atoms with Crippen molar-refractivity contribution in [3.8, 4) is 0 Å². The van der Waals surface area contributed by atoms with Crippen molar-refractivity contribution in [2.45, 2.75) is 51.0 Å². The number of carbonyl (C=O) groups is 1. The number of aromatic nitrogens is 2. The Balaban J connectivity index is 2.30. The molecule has 130 valence electrons. The molecule has 1 amide bonds. The van der Waals surface area contributed by atoms with Crippen molar-refractivity contribution in [3.05, 3.63) is 34.6 Å². The Morgan fingerprint density at radius 3 is 2.75 bits per heavy atom. The number of para-hydroxylation sites is 1. The van der Waals surface area contributed by atoms with Crippen LogP contribution in [0.15, 0.2) is 34.2 Å². The van der Waals surface area contributed by atoms with Crippen LogP contribution in [0.3, 0.4) is 0 Å². The van der Waals surface area contributed by atoms with Gasteiger partial charge in [0.1, 0.15) is 0 Å². The van der Waals surface area contributed by atoms with E-state index in [-0.39, 0.29) is 29.8 Å². The molecule has 7 heteroatoms. The molecule has 0 saturated carbocycles. The first-order valence-corrected chi connectivity index (χ1v) is 9.00. The van der Waals surface area contributed by atoms with Crippen LogP contribution < -0.4 is 10.9 Å². The summed E-state index contributed by atoms with van der Waals surface area (Å²) in [5.74, 6) is 0.0786. The lowest BCUT2D eigenvalue weighted by Crippen LogP contribution is -2.33. The maximum atomic E-state index is 12.7. The minimum Gasteiger partial charge on any atom is -0.392 e. The lowest BCUT2D eigenvalue weighted by atomic mass is 10.2. The molecule has 0 saturated heterocycles. The number of rotatable bonds is 7. The van der Waals surface area contributed by atoms with Gasteiger partial charge in [-0.15, -0.1) is 0 Å². The van der Waals surface area contributed by atoms with E-state index in [1.54, 1.807) is 25.1 Å². The van der Waals surface area contributed by atoms with Crippen LogP contribution in [-0.2, 0) is 11.3 Å². The van der Waals surface area contributed by atoms with Crippen LogP contribution >= 0.6 is 11.8 Å². The summed E-state index contributed by atoms with van der Waals surface area (Å²) in [7, 11) is 0. The average molecular weight is 349 g/mol. The zero-order valence-corrected chi connectivity index (χ0v) is 15.0. The zero-order valence-electron chi connectivity index (χ0n) is 14.2. The maximum absolute atomic E-state index is 12.7. The summed E-state index contributed by atoms with van der Waals surface area (Å²) in [5.41, 5.74) is 0.389. The molecule has 0 fully saturated rings. The van der Waals surface area contributed by atoms with E-state index in [0.29, 0.717) is 16.1 Å². The molecule has 0 radical (unpaired) electrons. The Kier molecular flexibility index (Phi) is 6.39. The van der Waals surface area contributed by atoms with Gasteiger partial charge < -0.3 is 10.4 Å². The Morgan fingerprint density at radius 1 is 1.38 bits per heavy atom. The number of carbonyl (C=O) groups excluding carboxylic acids is 1. The van der Waals surface area contributed by atoms with Crippen molar-refractivity contribution < 1.29 is 9.90 Å². The standard InChI is InChI=1S/C17H23N3O3S/c1-4-11(2)18-15(22)10-24-17-19-14-8-6-5-7-13(14)16(23)20(17)9-12(3)21/h5-8,11-12,21H,4,9-10H2,1-3H3,(H,18,22). The van der Waals surface area contributed by atoms with E-state index >= 15 is 0 Å². The van der Waals surface area contributed by atoms with E-state index in [4.69, 9.17) is 0 Å². The van der Waals surface area contributed by atoms with Gasteiger partial charge in [-0.3, -0.25) is 14.2 Å². The number of amides is 1. The molecule has 1 aromatic carbocycles. The quantitative estimate of drug-likeness (QED) is 0.588. The lowest BCUT2D eigenvalue weighted by Gasteiger charge is -2.15. The second kappa shape index (κ2) is 8.30. The highest BCUT2D eigenvalue weighted by Crippen LogP contribution is 2.18. The number of hydrogen-bond donors (Lipinski definition) is 2. The number of fused-ring (bicyclic) bond motifs is 1. The Labute approximate surface area is 145 Å². The van der Waals surface area contributed by atoms with Crippen LogP contribution in [0.4, 0.5) is 0 Å². The smallest absolute Gasteiger partial charge is 0.262 e. The third kappa shape index (κ3) is 4.58. The molecule has 24 heavy (non-hydrogen) atoms. The molecule has 1 aromatic heterocycles. The SMILES string of the molecule is CCC(C)NC(=O)CSc1nc2ccccc2c(=O)n1CC(C)O. The van der Waals surface area contributed by atoms with E-state index < -0.39 is 6.10 Å². The molecule has 0 bridgehead atoms. The van der Waals surface area contributed by atoms with E-state index in [1.165, 1.54) is 16.3 Å². The van der Waals surface area contributed by atoms with E-state index in [1.807, 2.05) is 19.9 Å². The first-order valence-electron chi connectivity index (χ1n) is 8.02. The molecule has 2 N–H and O–H groups in total. The maximum Gasteiger partial charge on any atom is 0.262 e. The number of nitrogens with one attached hydrogen (secondary N) is 1. The highest BCUT2D eigenvalue weighted by atomic mass is 32.2. The molecule has 0 aliphatic carbocycles. The normalized spacial score (nSPS) is 13.7. The van der Waals surface area contributed by atoms with Gasteiger partial charge in [-0.1, -0.05) is 30.8 Å². The Hall–Kier alpha value is -1.86. The van der Waals surface area contributed by atoms with Crippen molar-refractivity contribution in [1.29, 1.82) is 0 Å². The molecule has 6 nitrogen and oxygen atoms in total. The second-order valence-electron chi connectivity index (χ2n) is 5.84. The largest absolute Gasteiger partial charge is 0.392 e. The van der Waals surface area contributed by atoms with E-state index in [0.717, 1.165) is 6.42 Å². The van der Waals surface area contributed by atoms with Gasteiger partial charge in [-0.2, -0.15) is 0 Å². The molecule has 0 aliphatic heterocycles. The fraction of sp³-hybridized carbons (Fsp3) is 0.471. The van der Waals surface area contributed by atoms with Gasteiger partial charge in [0.2, 0.25) is 5.91 Å². The van der Waals surface area contributed by atoms with Crippen molar-refractivity contribution in [3.63, 3.8) is 0 Å². The first kappa shape index (κ1) is 18.5. The van der Waals surface area contributed by atoms with Crippen LogP contribution in [0.1, 0.15) is 27.2 Å². The molecule has 2 aromatic rings. The Bertz CT molecular complexity index is 773.